The van der Waals surface area contributed by atoms with E-state index >= 15 is 0 Å². The molecule has 1 saturated carbocycles. The molecular weight excluding hydrogens is 346 g/mol. The molecule has 2 fully saturated rings. The van der Waals surface area contributed by atoms with Gasteiger partial charge in [0.2, 0.25) is 5.91 Å². The summed E-state index contributed by atoms with van der Waals surface area (Å²) in [4.78, 5) is 14.5. The molecule has 3 nitrogen and oxygen atoms in total. The second-order valence-corrected chi connectivity index (χ2v) is 9.35. The molecule has 26 heavy (non-hydrogen) atoms. The predicted octanol–water partition coefficient (Wildman–Crippen LogP) is 5.20. The van der Waals surface area contributed by atoms with Gasteiger partial charge >= 0.3 is 0 Å². The van der Waals surface area contributed by atoms with Gasteiger partial charge in [-0.25, -0.2) is 0 Å². The monoisotopic (exact) mass is 377 g/mol. The summed E-state index contributed by atoms with van der Waals surface area (Å²) < 4.78 is 5.85. The number of halogens is 1. The summed E-state index contributed by atoms with van der Waals surface area (Å²) in [5, 5.41) is 0.779. The fourth-order valence-corrected chi connectivity index (χ4v) is 4.68. The number of amides is 1. The largest absolute Gasteiger partial charge is 0.375 e. The minimum atomic E-state index is -0.146. The van der Waals surface area contributed by atoms with Crippen LogP contribution in [0.3, 0.4) is 0 Å². The molecule has 1 aromatic carbocycles. The zero-order chi connectivity index (χ0) is 18.9. The highest BCUT2D eigenvalue weighted by Crippen LogP contribution is 2.49. The van der Waals surface area contributed by atoms with Crippen molar-refractivity contribution in [1.82, 2.24) is 4.90 Å². The molecule has 2 atom stereocenters. The molecule has 1 saturated heterocycles. The molecule has 4 heteroatoms. The van der Waals surface area contributed by atoms with E-state index in [1.165, 1.54) is 18.4 Å². The first-order valence-electron chi connectivity index (χ1n) is 9.88. The maximum absolute atomic E-state index is 12.4. The standard InChI is InChI=1S/C22H32ClNO2/c1-16(25)24(20-11-14-26-21(2,3)15-20)13-12-22(4,17-5-6-17)18-7-9-19(23)10-8-18/h7-10,17,20H,5-6,11-15H2,1-4H3. The molecule has 2 unspecified atom stereocenters. The lowest BCUT2D eigenvalue weighted by Gasteiger charge is -2.42. The molecule has 0 spiro atoms. The van der Waals surface area contributed by atoms with Gasteiger partial charge in [-0.3, -0.25) is 4.79 Å². The Kier molecular flexibility index (Phi) is 5.69. The smallest absolute Gasteiger partial charge is 0.219 e. The number of carbonyl (C=O) groups excluding carboxylic acids is 1. The number of hydrogen-bond acceptors (Lipinski definition) is 2. The minimum absolute atomic E-state index is 0.110. The van der Waals surface area contributed by atoms with Crippen LogP contribution in [-0.4, -0.2) is 35.6 Å². The topological polar surface area (TPSA) is 29.5 Å². The molecule has 0 N–H and O–H groups in total. The summed E-state index contributed by atoms with van der Waals surface area (Å²) in [7, 11) is 0. The number of benzene rings is 1. The Morgan fingerprint density at radius 2 is 1.92 bits per heavy atom. The van der Waals surface area contributed by atoms with Crippen LogP contribution in [0.15, 0.2) is 24.3 Å². The predicted molar refractivity (Wildman–Crippen MR) is 107 cm³/mol. The van der Waals surface area contributed by atoms with Crippen LogP contribution in [0.4, 0.5) is 0 Å². The number of nitrogens with zero attached hydrogens (tertiary/aromatic N) is 1. The molecule has 1 amide bonds. The Morgan fingerprint density at radius 1 is 1.27 bits per heavy atom. The molecule has 1 aliphatic heterocycles. The highest BCUT2D eigenvalue weighted by Gasteiger charge is 2.43. The van der Waals surface area contributed by atoms with Gasteiger partial charge in [-0.1, -0.05) is 30.7 Å². The van der Waals surface area contributed by atoms with E-state index in [4.69, 9.17) is 16.3 Å². The Labute approximate surface area is 163 Å². The van der Waals surface area contributed by atoms with E-state index in [9.17, 15) is 4.79 Å². The second-order valence-electron chi connectivity index (χ2n) is 8.92. The second kappa shape index (κ2) is 7.52. The van der Waals surface area contributed by atoms with Crippen LogP contribution in [0.5, 0.6) is 0 Å². The van der Waals surface area contributed by atoms with Crippen LogP contribution in [0, 0.1) is 5.92 Å². The van der Waals surface area contributed by atoms with Crippen LogP contribution in [0.1, 0.15) is 65.4 Å². The van der Waals surface area contributed by atoms with Gasteiger partial charge in [0.15, 0.2) is 0 Å². The number of rotatable bonds is 6. The molecule has 144 valence electrons. The summed E-state index contributed by atoms with van der Waals surface area (Å²) in [5.74, 6) is 0.894. The molecule has 1 aliphatic carbocycles. The van der Waals surface area contributed by atoms with E-state index in [-0.39, 0.29) is 23.0 Å². The molecule has 2 aliphatic rings. The summed E-state index contributed by atoms with van der Waals surface area (Å²) in [6.07, 6.45) is 5.40. The number of carbonyl (C=O) groups is 1. The van der Waals surface area contributed by atoms with Gasteiger partial charge < -0.3 is 9.64 Å². The van der Waals surface area contributed by atoms with Gasteiger partial charge in [0, 0.05) is 31.1 Å². The van der Waals surface area contributed by atoms with Crippen LogP contribution in [-0.2, 0) is 14.9 Å². The van der Waals surface area contributed by atoms with Gasteiger partial charge in [-0.2, -0.15) is 0 Å². The average molecular weight is 378 g/mol. The van der Waals surface area contributed by atoms with E-state index < -0.39 is 0 Å². The Bertz CT molecular complexity index is 638. The van der Waals surface area contributed by atoms with Gasteiger partial charge in [0.25, 0.3) is 0 Å². The minimum Gasteiger partial charge on any atom is -0.375 e. The van der Waals surface area contributed by atoms with Crippen molar-refractivity contribution in [3.63, 3.8) is 0 Å². The molecule has 1 aromatic rings. The first-order valence-corrected chi connectivity index (χ1v) is 10.3. The molecule has 0 radical (unpaired) electrons. The lowest BCUT2D eigenvalue weighted by atomic mass is 9.75. The van der Waals surface area contributed by atoms with Crippen molar-refractivity contribution in [2.24, 2.45) is 5.92 Å². The SMILES string of the molecule is CC(=O)N(CCC(C)(c1ccc(Cl)cc1)C1CC1)C1CCOC(C)(C)C1. The third kappa shape index (κ3) is 4.43. The van der Waals surface area contributed by atoms with Gasteiger partial charge in [0.1, 0.15) is 0 Å². The molecular formula is C22H32ClNO2. The van der Waals surface area contributed by atoms with Gasteiger partial charge in [0.05, 0.1) is 5.60 Å². The van der Waals surface area contributed by atoms with Gasteiger partial charge in [-0.15, -0.1) is 0 Å². The third-order valence-electron chi connectivity index (χ3n) is 6.37. The number of ether oxygens (including phenoxy) is 1. The average Bonchev–Trinajstić information content (AvgIpc) is 3.39. The summed E-state index contributed by atoms with van der Waals surface area (Å²) in [6, 6.07) is 8.58. The van der Waals surface area contributed by atoms with Crippen LogP contribution < -0.4 is 0 Å². The Morgan fingerprint density at radius 3 is 2.46 bits per heavy atom. The first-order chi connectivity index (χ1) is 12.2. The molecule has 1 heterocycles. The van der Waals surface area contributed by atoms with Gasteiger partial charge in [-0.05, 0) is 75.0 Å². The summed E-state index contributed by atoms with van der Waals surface area (Å²) in [6.45, 7) is 9.86. The fraction of sp³-hybridized carbons (Fsp3) is 0.682. The van der Waals surface area contributed by atoms with Crippen molar-refractivity contribution in [3.8, 4) is 0 Å². The normalized spacial score (nSPS) is 24.7. The third-order valence-corrected chi connectivity index (χ3v) is 6.62. The number of hydrogen-bond donors (Lipinski definition) is 0. The van der Waals surface area contributed by atoms with E-state index in [1.54, 1.807) is 6.92 Å². The lowest BCUT2D eigenvalue weighted by molar-refractivity contribution is -0.138. The van der Waals surface area contributed by atoms with Crippen LogP contribution in [0.2, 0.25) is 5.02 Å². The van der Waals surface area contributed by atoms with E-state index in [2.05, 4.69) is 37.8 Å². The maximum Gasteiger partial charge on any atom is 0.219 e. The summed E-state index contributed by atoms with van der Waals surface area (Å²) in [5.41, 5.74) is 1.31. The maximum atomic E-state index is 12.4. The van der Waals surface area contributed by atoms with Crippen LogP contribution >= 0.6 is 11.6 Å². The Hall–Kier alpha value is -1.06. The lowest BCUT2D eigenvalue weighted by Crippen LogP contribution is -2.49. The molecule has 3 rings (SSSR count). The highest BCUT2D eigenvalue weighted by molar-refractivity contribution is 6.30. The molecule has 0 bridgehead atoms. The van der Waals surface area contributed by atoms with Crippen molar-refractivity contribution < 1.29 is 9.53 Å². The van der Waals surface area contributed by atoms with E-state index in [0.717, 1.165) is 37.4 Å². The van der Waals surface area contributed by atoms with Crippen molar-refractivity contribution >= 4 is 17.5 Å². The zero-order valence-electron chi connectivity index (χ0n) is 16.6. The van der Waals surface area contributed by atoms with Crippen molar-refractivity contribution in [3.05, 3.63) is 34.9 Å². The molecule has 0 aromatic heterocycles. The fourth-order valence-electron chi connectivity index (χ4n) is 4.55. The van der Waals surface area contributed by atoms with E-state index in [0.29, 0.717) is 5.92 Å². The van der Waals surface area contributed by atoms with Crippen molar-refractivity contribution in [2.45, 2.75) is 76.9 Å². The highest BCUT2D eigenvalue weighted by atomic mass is 35.5. The summed E-state index contributed by atoms with van der Waals surface area (Å²) >= 11 is 6.09. The van der Waals surface area contributed by atoms with E-state index in [1.807, 2.05) is 12.1 Å². The van der Waals surface area contributed by atoms with Crippen LogP contribution in [0.25, 0.3) is 0 Å². The Balaban J connectivity index is 1.74. The zero-order valence-corrected chi connectivity index (χ0v) is 17.3. The van der Waals surface area contributed by atoms with Crippen molar-refractivity contribution in [2.75, 3.05) is 13.2 Å². The van der Waals surface area contributed by atoms with Crippen molar-refractivity contribution in [1.29, 1.82) is 0 Å². The quantitative estimate of drug-likeness (QED) is 0.681. The first kappa shape index (κ1) is 19.7.